The summed E-state index contributed by atoms with van der Waals surface area (Å²) in [5, 5.41) is 9.21. The zero-order chi connectivity index (χ0) is 10.8. The van der Waals surface area contributed by atoms with Gasteiger partial charge in [0.1, 0.15) is 5.54 Å². The van der Waals surface area contributed by atoms with Crippen molar-refractivity contribution < 1.29 is 9.90 Å². The fourth-order valence-corrected chi connectivity index (χ4v) is 1.34. The molecular formula is C11H15NO2. The molecule has 0 unspecified atom stereocenters. The summed E-state index contributed by atoms with van der Waals surface area (Å²) in [4.78, 5) is 12.9. The zero-order valence-electron chi connectivity index (χ0n) is 8.69. The molecule has 0 saturated heterocycles. The van der Waals surface area contributed by atoms with Crippen LogP contribution in [-0.2, 0) is 10.3 Å². The van der Waals surface area contributed by atoms with Crippen molar-refractivity contribution in [3.63, 3.8) is 0 Å². The van der Waals surface area contributed by atoms with Gasteiger partial charge < -0.3 is 5.11 Å². The minimum atomic E-state index is -0.957. The van der Waals surface area contributed by atoms with Gasteiger partial charge >= 0.3 is 5.97 Å². The predicted molar refractivity (Wildman–Crippen MR) is 55.1 cm³/mol. The molecule has 0 saturated carbocycles. The fourth-order valence-electron chi connectivity index (χ4n) is 1.34. The lowest BCUT2D eigenvalue weighted by Crippen LogP contribution is -2.45. The number of carboxylic acid groups (broad SMARTS) is 1. The van der Waals surface area contributed by atoms with Gasteiger partial charge in [-0.2, -0.15) is 0 Å². The SMILES string of the molecule is CN(C)[C@](C)(C(=O)O)c1ccccc1. The highest BCUT2D eigenvalue weighted by Crippen LogP contribution is 2.25. The highest BCUT2D eigenvalue weighted by atomic mass is 16.4. The van der Waals surface area contributed by atoms with Crippen LogP contribution in [0.5, 0.6) is 0 Å². The van der Waals surface area contributed by atoms with Gasteiger partial charge in [-0.3, -0.25) is 4.90 Å². The molecule has 0 radical (unpaired) electrons. The number of benzene rings is 1. The second-order valence-corrected chi connectivity index (χ2v) is 3.64. The largest absolute Gasteiger partial charge is 0.480 e. The summed E-state index contributed by atoms with van der Waals surface area (Å²) in [5.41, 5.74) is -0.168. The lowest BCUT2D eigenvalue weighted by atomic mass is 9.91. The van der Waals surface area contributed by atoms with E-state index in [0.717, 1.165) is 5.56 Å². The van der Waals surface area contributed by atoms with Crippen LogP contribution >= 0.6 is 0 Å². The van der Waals surface area contributed by atoms with Crippen molar-refractivity contribution in [1.29, 1.82) is 0 Å². The van der Waals surface area contributed by atoms with Crippen LogP contribution in [0.1, 0.15) is 12.5 Å². The van der Waals surface area contributed by atoms with Crippen molar-refractivity contribution in [1.82, 2.24) is 4.90 Å². The molecule has 0 bridgehead atoms. The summed E-state index contributed by atoms with van der Waals surface area (Å²) in [6.45, 7) is 1.70. The Balaban J connectivity index is 3.20. The third-order valence-corrected chi connectivity index (χ3v) is 2.65. The van der Waals surface area contributed by atoms with Crippen LogP contribution in [0, 0.1) is 0 Å². The molecule has 0 fully saturated rings. The molecule has 0 aromatic heterocycles. The maximum absolute atomic E-state index is 11.2. The third kappa shape index (κ3) is 1.63. The Hall–Kier alpha value is -1.35. The molecule has 1 aromatic rings. The molecule has 76 valence electrons. The van der Waals surface area contributed by atoms with Crippen molar-refractivity contribution in [2.75, 3.05) is 14.1 Å². The number of hydrogen-bond donors (Lipinski definition) is 1. The van der Waals surface area contributed by atoms with Crippen LogP contribution < -0.4 is 0 Å². The Morgan fingerprint density at radius 3 is 2.14 bits per heavy atom. The topological polar surface area (TPSA) is 40.5 Å². The van der Waals surface area contributed by atoms with E-state index in [9.17, 15) is 9.90 Å². The van der Waals surface area contributed by atoms with Gasteiger partial charge in [0.15, 0.2) is 0 Å². The van der Waals surface area contributed by atoms with E-state index in [1.807, 2.05) is 30.3 Å². The molecule has 3 heteroatoms. The van der Waals surface area contributed by atoms with Crippen molar-refractivity contribution in [2.45, 2.75) is 12.5 Å². The van der Waals surface area contributed by atoms with Gasteiger partial charge in [0.05, 0.1) is 0 Å². The van der Waals surface area contributed by atoms with Gasteiger partial charge in [-0.25, -0.2) is 4.79 Å². The Labute approximate surface area is 84.0 Å². The quantitative estimate of drug-likeness (QED) is 0.791. The summed E-state index contributed by atoms with van der Waals surface area (Å²) in [7, 11) is 3.53. The van der Waals surface area contributed by atoms with Gasteiger partial charge in [-0.1, -0.05) is 30.3 Å². The second-order valence-electron chi connectivity index (χ2n) is 3.64. The second kappa shape index (κ2) is 3.80. The van der Waals surface area contributed by atoms with Crippen LogP contribution in [0.4, 0.5) is 0 Å². The number of hydrogen-bond acceptors (Lipinski definition) is 2. The van der Waals surface area contributed by atoms with Crippen LogP contribution in [0.3, 0.4) is 0 Å². The number of nitrogens with zero attached hydrogens (tertiary/aromatic N) is 1. The molecule has 1 aromatic carbocycles. The van der Waals surface area contributed by atoms with Crippen LogP contribution in [0.2, 0.25) is 0 Å². The van der Waals surface area contributed by atoms with E-state index in [4.69, 9.17) is 0 Å². The molecule has 1 rings (SSSR count). The highest BCUT2D eigenvalue weighted by Gasteiger charge is 2.37. The standard InChI is InChI=1S/C11H15NO2/c1-11(10(13)14,12(2)3)9-7-5-4-6-8-9/h4-8H,1-3H3,(H,13,14)/t11-/m0/s1. The predicted octanol–water partition coefficient (Wildman–Crippen LogP) is 1.55. The summed E-state index contributed by atoms with van der Waals surface area (Å²) in [6, 6.07) is 9.23. The average molecular weight is 193 g/mol. The van der Waals surface area contributed by atoms with Gasteiger partial charge in [0, 0.05) is 0 Å². The van der Waals surface area contributed by atoms with E-state index >= 15 is 0 Å². The Kier molecular flexibility index (Phi) is 2.91. The monoisotopic (exact) mass is 193 g/mol. The van der Waals surface area contributed by atoms with Gasteiger partial charge in [-0.15, -0.1) is 0 Å². The molecule has 0 heterocycles. The van der Waals surface area contributed by atoms with Crippen molar-refractivity contribution in [3.8, 4) is 0 Å². The number of rotatable bonds is 3. The third-order valence-electron chi connectivity index (χ3n) is 2.65. The van der Waals surface area contributed by atoms with E-state index in [1.54, 1.807) is 25.9 Å². The van der Waals surface area contributed by atoms with Crippen LogP contribution in [0.25, 0.3) is 0 Å². The number of aliphatic carboxylic acids is 1. The molecular weight excluding hydrogens is 178 g/mol. The lowest BCUT2D eigenvalue weighted by molar-refractivity contribution is -0.149. The molecule has 1 N–H and O–H groups in total. The first kappa shape index (κ1) is 10.7. The smallest absolute Gasteiger partial charge is 0.328 e. The highest BCUT2D eigenvalue weighted by molar-refractivity contribution is 5.80. The van der Waals surface area contributed by atoms with Crippen LogP contribution in [0.15, 0.2) is 30.3 Å². The first-order chi connectivity index (χ1) is 6.49. The van der Waals surface area contributed by atoms with Crippen molar-refractivity contribution in [3.05, 3.63) is 35.9 Å². The van der Waals surface area contributed by atoms with Crippen molar-refractivity contribution >= 4 is 5.97 Å². The van der Waals surface area contributed by atoms with Gasteiger partial charge in [0.25, 0.3) is 0 Å². The first-order valence-corrected chi connectivity index (χ1v) is 4.46. The number of likely N-dealkylation sites (N-methyl/N-ethyl adjacent to an activating group) is 1. The molecule has 14 heavy (non-hydrogen) atoms. The van der Waals surface area contributed by atoms with Gasteiger partial charge in [-0.05, 0) is 26.6 Å². The summed E-state index contributed by atoms with van der Waals surface area (Å²) in [5.74, 6) is -0.839. The normalized spacial score (nSPS) is 15.1. The van der Waals surface area contributed by atoms with E-state index in [2.05, 4.69) is 0 Å². The summed E-state index contributed by atoms with van der Waals surface area (Å²) in [6.07, 6.45) is 0. The lowest BCUT2D eigenvalue weighted by Gasteiger charge is -2.32. The van der Waals surface area contributed by atoms with E-state index < -0.39 is 11.5 Å². The molecule has 3 nitrogen and oxygen atoms in total. The average Bonchev–Trinajstić information content (AvgIpc) is 2.17. The maximum Gasteiger partial charge on any atom is 0.328 e. The van der Waals surface area contributed by atoms with Gasteiger partial charge in [0.2, 0.25) is 0 Å². The minimum absolute atomic E-state index is 0.789. The Morgan fingerprint density at radius 2 is 1.79 bits per heavy atom. The molecule has 0 aliphatic carbocycles. The molecule has 1 atom stereocenters. The Morgan fingerprint density at radius 1 is 1.29 bits per heavy atom. The zero-order valence-corrected chi connectivity index (χ0v) is 8.69. The first-order valence-electron chi connectivity index (χ1n) is 4.46. The van der Waals surface area contributed by atoms with Crippen LogP contribution in [-0.4, -0.2) is 30.1 Å². The maximum atomic E-state index is 11.2. The van der Waals surface area contributed by atoms with E-state index in [-0.39, 0.29) is 0 Å². The van der Waals surface area contributed by atoms with Crippen molar-refractivity contribution in [2.24, 2.45) is 0 Å². The summed E-state index contributed by atoms with van der Waals surface area (Å²) >= 11 is 0. The molecule has 0 amide bonds. The fraction of sp³-hybridized carbons (Fsp3) is 0.364. The Bertz CT molecular complexity index is 321. The minimum Gasteiger partial charge on any atom is -0.480 e. The number of carbonyl (C=O) groups is 1. The molecule has 0 aliphatic heterocycles. The summed E-state index contributed by atoms with van der Waals surface area (Å²) < 4.78 is 0. The number of carboxylic acids is 1. The molecule has 0 aliphatic rings. The van der Waals surface area contributed by atoms with E-state index in [1.165, 1.54) is 0 Å². The van der Waals surface area contributed by atoms with E-state index in [0.29, 0.717) is 0 Å². The molecule has 0 spiro atoms.